The Morgan fingerprint density at radius 2 is 1.79 bits per heavy atom. The number of aliphatic carboxylic acids is 1. The van der Waals surface area contributed by atoms with Gasteiger partial charge >= 0.3 is 12.0 Å². The molecule has 28 heavy (non-hydrogen) atoms. The highest BCUT2D eigenvalue weighted by molar-refractivity contribution is 6.29. The summed E-state index contributed by atoms with van der Waals surface area (Å²) in [5.41, 5.74) is 0.603. The van der Waals surface area contributed by atoms with Crippen LogP contribution >= 0.6 is 0 Å². The van der Waals surface area contributed by atoms with Crippen LogP contribution in [0.2, 0.25) is 0 Å². The number of urea groups is 1. The van der Waals surface area contributed by atoms with E-state index in [1.54, 1.807) is 44.2 Å². The zero-order valence-corrected chi connectivity index (χ0v) is 15.7. The predicted molar refractivity (Wildman–Crippen MR) is 99.1 cm³/mol. The molecule has 0 bridgehead atoms. The van der Waals surface area contributed by atoms with Gasteiger partial charge in [0.2, 0.25) is 0 Å². The molecule has 0 aliphatic carbocycles. The van der Waals surface area contributed by atoms with Crippen molar-refractivity contribution < 1.29 is 29.1 Å². The highest BCUT2D eigenvalue weighted by Crippen LogP contribution is 2.24. The van der Waals surface area contributed by atoms with E-state index in [1.807, 2.05) is 0 Å². The third kappa shape index (κ3) is 4.16. The summed E-state index contributed by atoms with van der Waals surface area (Å²) < 4.78 is 0. The molecule has 148 valence electrons. The second-order valence-corrected chi connectivity index (χ2v) is 6.36. The molecule has 1 aliphatic rings. The van der Waals surface area contributed by atoms with Crippen LogP contribution < -0.4 is 0 Å². The Morgan fingerprint density at radius 1 is 1.14 bits per heavy atom. The van der Waals surface area contributed by atoms with E-state index in [0.717, 1.165) is 11.0 Å². The first kappa shape index (κ1) is 21.0. The van der Waals surface area contributed by atoms with Crippen molar-refractivity contribution in [1.82, 2.24) is 9.80 Å². The molecule has 2 atom stereocenters. The highest BCUT2D eigenvalue weighted by atomic mass is 16.4. The van der Waals surface area contributed by atoms with Crippen LogP contribution in [-0.2, 0) is 25.6 Å². The monoisotopic (exact) mass is 386 g/mol. The van der Waals surface area contributed by atoms with Crippen LogP contribution in [0.3, 0.4) is 0 Å². The van der Waals surface area contributed by atoms with E-state index >= 15 is 0 Å². The van der Waals surface area contributed by atoms with E-state index < -0.39 is 41.6 Å². The van der Waals surface area contributed by atoms with Gasteiger partial charge in [-0.3, -0.25) is 19.3 Å². The summed E-state index contributed by atoms with van der Waals surface area (Å²) in [6, 6.07) is 5.97. The van der Waals surface area contributed by atoms with Gasteiger partial charge < -0.3 is 5.11 Å². The first-order valence-electron chi connectivity index (χ1n) is 8.95. The Labute approximate surface area is 162 Å². The number of barbiturate groups is 1. The zero-order chi connectivity index (χ0) is 20.8. The van der Waals surface area contributed by atoms with E-state index in [9.17, 15) is 29.1 Å². The minimum Gasteiger partial charge on any atom is -0.480 e. The molecular formula is C20H22N2O6. The van der Waals surface area contributed by atoms with Crippen LogP contribution in [-0.4, -0.2) is 57.1 Å². The van der Waals surface area contributed by atoms with E-state index in [4.69, 9.17) is 0 Å². The molecule has 0 aromatic heterocycles. The molecule has 1 fully saturated rings. The standard InChI is InChI=1S/C20H22N2O6/c1-3-8-15(23)16-17(24)21(11-4-2)20(28)22(18(16)25)14(19(26)27)12-13-9-6-5-7-10-13/h3,5-10,14,16H,4,11-12H2,1-2H3,(H,26,27). The van der Waals surface area contributed by atoms with E-state index in [0.29, 0.717) is 16.9 Å². The minimum absolute atomic E-state index is 0.0151. The van der Waals surface area contributed by atoms with E-state index in [2.05, 4.69) is 0 Å². The number of amides is 4. The second kappa shape index (κ2) is 9.07. The fourth-order valence-electron chi connectivity index (χ4n) is 3.07. The quantitative estimate of drug-likeness (QED) is 0.537. The van der Waals surface area contributed by atoms with Crippen molar-refractivity contribution in [2.24, 2.45) is 5.92 Å². The third-order valence-electron chi connectivity index (χ3n) is 4.37. The molecule has 1 aromatic carbocycles. The largest absolute Gasteiger partial charge is 0.480 e. The van der Waals surface area contributed by atoms with Gasteiger partial charge in [-0.1, -0.05) is 43.3 Å². The number of hydrogen-bond acceptors (Lipinski definition) is 5. The van der Waals surface area contributed by atoms with Crippen LogP contribution in [0.4, 0.5) is 4.79 Å². The molecule has 0 saturated carbocycles. The average Bonchev–Trinajstić information content (AvgIpc) is 2.65. The summed E-state index contributed by atoms with van der Waals surface area (Å²) in [4.78, 5) is 63.9. The molecule has 1 saturated heterocycles. The van der Waals surface area contributed by atoms with Crippen molar-refractivity contribution in [2.45, 2.75) is 32.7 Å². The van der Waals surface area contributed by atoms with Crippen molar-refractivity contribution in [2.75, 3.05) is 6.54 Å². The summed E-state index contributed by atoms with van der Waals surface area (Å²) in [5.74, 6) is -5.94. The summed E-state index contributed by atoms with van der Waals surface area (Å²) in [5, 5.41) is 9.68. The fourth-order valence-corrected chi connectivity index (χ4v) is 3.07. The van der Waals surface area contributed by atoms with Crippen molar-refractivity contribution in [3.63, 3.8) is 0 Å². The molecule has 8 heteroatoms. The van der Waals surface area contributed by atoms with E-state index in [1.165, 1.54) is 6.08 Å². The Kier molecular flexibility index (Phi) is 6.81. The maximum Gasteiger partial charge on any atom is 0.334 e. The molecule has 8 nitrogen and oxygen atoms in total. The lowest BCUT2D eigenvalue weighted by Gasteiger charge is -2.38. The number of nitrogens with zero attached hydrogens (tertiary/aromatic N) is 2. The lowest BCUT2D eigenvalue weighted by Crippen LogP contribution is -2.65. The van der Waals surface area contributed by atoms with Crippen molar-refractivity contribution in [3.8, 4) is 0 Å². The number of rotatable bonds is 8. The minimum atomic E-state index is -1.75. The third-order valence-corrected chi connectivity index (χ3v) is 4.37. The van der Waals surface area contributed by atoms with Gasteiger partial charge in [0, 0.05) is 13.0 Å². The molecule has 1 aliphatic heterocycles. The Balaban J connectivity index is 2.48. The van der Waals surface area contributed by atoms with Crippen molar-refractivity contribution in [3.05, 3.63) is 48.0 Å². The highest BCUT2D eigenvalue weighted by Gasteiger charge is 2.51. The first-order valence-corrected chi connectivity index (χ1v) is 8.95. The normalized spacial score (nSPS) is 18.6. The summed E-state index contributed by atoms with van der Waals surface area (Å²) in [7, 11) is 0. The number of carbonyl (C=O) groups excluding carboxylic acids is 4. The lowest BCUT2D eigenvalue weighted by atomic mass is 9.95. The molecule has 0 radical (unpaired) electrons. The maximum absolute atomic E-state index is 12.9. The summed E-state index contributed by atoms with van der Waals surface area (Å²) >= 11 is 0. The predicted octanol–water partition coefficient (Wildman–Crippen LogP) is 1.64. The number of ketones is 1. The molecule has 1 heterocycles. The number of carbonyl (C=O) groups is 5. The first-order chi connectivity index (χ1) is 13.3. The Bertz CT molecular complexity index is 817. The van der Waals surface area contributed by atoms with Crippen LogP contribution in [0, 0.1) is 5.92 Å². The number of benzene rings is 1. The summed E-state index contributed by atoms with van der Waals surface area (Å²) in [6.45, 7) is 3.26. The van der Waals surface area contributed by atoms with Crippen molar-refractivity contribution in [1.29, 1.82) is 0 Å². The number of carboxylic acid groups (broad SMARTS) is 1. The number of hydrogen-bond donors (Lipinski definition) is 1. The number of imide groups is 2. The van der Waals surface area contributed by atoms with E-state index in [-0.39, 0.29) is 13.0 Å². The van der Waals surface area contributed by atoms with Gasteiger partial charge in [0.1, 0.15) is 6.04 Å². The molecule has 2 unspecified atom stereocenters. The number of carboxylic acids is 1. The smallest absolute Gasteiger partial charge is 0.334 e. The van der Waals surface area contributed by atoms with Gasteiger partial charge in [0.05, 0.1) is 0 Å². The summed E-state index contributed by atoms with van der Waals surface area (Å²) in [6.07, 6.45) is 2.73. The van der Waals surface area contributed by atoms with Crippen LogP contribution in [0.1, 0.15) is 25.8 Å². The van der Waals surface area contributed by atoms with Gasteiger partial charge in [-0.2, -0.15) is 0 Å². The van der Waals surface area contributed by atoms with Gasteiger partial charge in [-0.05, 0) is 25.0 Å². The maximum atomic E-state index is 12.9. The van der Waals surface area contributed by atoms with Gasteiger partial charge in [0.15, 0.2) is 11.7 Å². The SMILES string of the molecule is CC=CC(=O)C1C(=O)N(CCC)C(=O)N(C(Cc2ccccc2)C(=O)O)C1=O. The zero-order valence-electron chi connectivity index (χ0n) is 15.7. The fraction of sp³-hybridized carbons (Fsp3) is 0.350. The number of allylic oxidation sites excluding steroid dienone is 2. The topological polar surface area (TPSA) is 112 Å². The molecule has 4 amide bonds. The Hall–Kier alpha value is -3.29. The average molecular weight is 386 g/mol. The Morgan fingerprint density at radius 3 is 2.32 bits per heavy atom. The molecule has 1 N–H and O–H groups in total. The lowest BCUT2D eigenvalue weighted by molar-refractivity contribution is -0.159. The van der Waals surface area contributed by atoms with Crippen LogP contribution in [0.5, 0.6) is 0 Å². The molecule has 1 aromatic rings. The van der Waals surface area contributed by atoms with Gasteiger partial charge in [-0.25, -0.2) is 14.5 Å². The van der Waals surface area contributed by atoms with Gasteiger partial charge in [-0.15, -0.1) is 0 Å². The molecule has 2 rings (SSSR count). The second-order valence-electron chi connectivity index (χ2n) is 6.36. The van der Waals surface area contributed by atoms with Crippen LogP contribution in [0.25, 0.3) is 0 Å². The molecule has 0 spiro atoms. The van der Waals surface area contributed by atoms with Crippen LogP contribution in [0.15, 0.2) is 42.5 Å². The molecular weight excluding hydrogens is 364 g/mol. The van der Waals surface area contributed by atoms with Crippen molar-refractivity contribution >= 4 is 29.6 Å². The van der Waals surface area contributed by atoms with Gasteiger partial charge in [0.25, 0.3) is 11.8 Å².